The van der Waals surface area contributed by atoms with E-state index in [-0.39, 0.29) is 11.3 Å². The van der Waals surface area contributed by atoms with Crippen molar-refractivity contribution in [3.63, 3.8) is 0 Å². The van der Waals surface area contributed by atoms with E-state index in [1.165, 1.54) is 0 Å². The van der Waals surface area contributed by atoms with Crippen molar-refractivity contribution in [2.45, 2.75) is 32.4 Å². The van der Waals surface area contributed by atoms with Crippen LogP contribution >= 0.6 is 0 Å². The molecule has 35 heavy (non-hydrogen) atoms. The number of nitrogens with zero attached hydrogens (tertiary/aromatic N) is 3. The monoisotopic (exact) mass is 473 g/mol. The number of ketones is 1. The number of carbonyl (C=O) groups excluding carboxylic acids is 2. The molecule has 1 saturated heterocycles. The molecule has 5 rings (SSSR count). The standard InChI is InChI=1S/C27H27N3O5/c1-2-18-4-6-19(7-5-18)24-23(25(31)20-8-9-21-22(16-20)35-15-14-34-21)26(32)27(33)30(24)12-3-11-29-13-10-28-17-29/h4-10,13,16-17,24,31H,2-3,11-12,14-15H2,1H3/b25-23+/t24-/m1/s1. The second-order valence-corrected chi connectivity index (χ2v) is 8.60. The Balaban J connectivity index is 1.53. The van der Waals surface area contributed by atoms with Crippen LogP contribution in [0.25, 0.3) is 5.76 Å². The fourth-order valence-electron chi connectivity index (χ4n) is 4.58. The van der Waals surface area contributed by atoms with Gasteiger partial charge in [0.25, 0.3) is 11.7 Å². The summed E-state index contributed by atoms with van der Waals surface area (Å²) in [5, 5.41) is 11.3. The zero-order valence-electron chi connectivity index (χ0n) is 19.5. The van der Waals surface area contributed by atoms with Gasteiger partial charge in [0.1, 0.15) is 19.0 Å². The smallest absolute Gasteiger partial charge is 0.295 e. The molecule has 8 nitrogen and oxygen atoms in total. The molecule has 0 bridgehead atoms. The summed E-state index contributed by atoms with van der Waals surface area (Å²) in [6.07, 6.45) is 6.79. The molecule has 1 atom stereocenters. The number of amides is 1. The third-order valence-corrected chi connectivity index (χ3v) is 6.43. The lowest BCUT2D eigenvalue weighted by molar-refractivity contribution is -0.139. The molecule has 3 aromatic rings. The van der Waals surface area contributed by atoms with Gasteiger partial charge in [-0.05, 0) is 42.2 Å². The maximum Gasteiger partial charge on any atom is 0.295 e. The van der Waals surface area contributed by atoms with E-state index in [0.717, 1.165) is 17.5 Å². The van der Waals surface area contributed by atoms with E-state index in [9.17, 15) is 14.7 Å². The fraction of sp³-hybridized carbons (Fsp3) is 0.296. The number of fused-ring (bicyclic) bond motifs is 1. The number of rotatable bonds is 7. The van der Waals surface area contributed by atoms with Crippen molar-refractivity contribution in [3.05, 3.63) is 83.4 Å². The molecule has 0 aliphatic carbocycles. The minimum absolute atomic E-state index is 0.0820. The van der Waals surface area contributed by atoms with Gasteiger partial charge in [-0.15, -0.1) is 0 Å². The molecule has 0 saturated carbocycles. The van der Waals surface area contributed by atoms with Crippen molar-refractivity contribution < 1.29 is 24.2 Å². The van der Waals surface area contributed by atoms with Crippen LogP contribution in [0, 0.1) is 0 Å². The first-order valence-electron chi connectivity index (χ1n) is 11.8. The molecule has 3 heterocycles. The summed E-state index contributed by atoms with van der Waals surface area (Å²) in [6, 6.07) is 12.2. The quantitative estimate of drug-likeness (QED) is 0.319. The van der Waals surface area contributed by atoms with Gasteiger partial charge in [-0.3, -0.25) is 9.59 Å². The second kappa shape index (κ2) is 9.66. The highest BCUT2D eigenvalue weighted by atomic mass is 16.6. The van der Waals surface area contributed by atoms with Crippen LogP contribution in [-0.4, -0.2) is 51.0 Å². The molecule has 2 aliphatic heterocycles. The molecule has 2 aromatic carbocycles. The van der Waals surface area contributed by atoms with E-state index in [0.29, 0.717) is 49.8 Å². The van der Waals surface area contributed by atoms with Crippen molar-refractivity contribution in [3.8, 4) is 11.5 Å². The van der Waals surface area contributed by atoms with Crippen molar-refractivity contribution in [2.75, 3.05) is 19.8 Å². The molecule has 1 amide bonds. The number of ether oxygens (including phenoxy) is 2. The average molecular weight is 474 g/mol. The number of aliphatic hydroxyl groups is 1. The Morgan fingerprint density at radius 1 is 1.06 bits per heavy atom. The Hall–Kier alpha value is -4.07. The van der Waals surface area contributed by atoms with Gasteiger partial charge in [0, 0.05) is 31.0 Å². The SMILES string of the molecule is CCc1ccc([C@@H]2/C(=C(\O)c3ccc4c(c3)OCCO4)C(=O)C(=O)N2CCCn2ccnc2)cc1. The van der Waals surface area contributed by atoms with Crippen LogP contribution < -0.4 is 9.47 Å². The van der Waals surface area contributed by atoms with E-state index in [4.69, 9.17) is 9.47 Å². The zero-order valence-corrected chi connectivity index (χ0v) is 19.5. The van der Waals surface area contributed by atoms with E-state index in [2.05, 4.69) is 11.9 Å². The highest BCUT2D eigenvalue weighted by molar-refractivity contribution is 6.46. The lowest BCUT2D eigenvalue weighted by atomic mass is 9.94. The van der Waals surface area contributed by atoms with Crippen LogP contribution in [0.3, 0.4) is 0 Å². The van der Waals surface area contributed by atoms with Gasteiger partial charge in [0.15, 0.2) is 11.5 Å². The maximum absolute atomic E-state index is 13.2. The largest absolute Gasteiger partial charge is 0.507 e. The molecule has 0 spiro atoms. The molecule has 1 fully saturated rings. The van der Waals surface area contributed by atoms with Crippen LogP contribution in [0.4, 0.5) is 0 Å². The van der Waals surface area contributed by atoms with Crippen LogP contribution in [-0.2, 0) is 22.6 Å². The summed E-state index contributed by atoms with van der Waals surface area (Å²) in [4.78, 5) is 32.0. The highest BCUT2D eigenvalue weighted by Gasteiger charge is 2.45. The summed E-state index contributed by atoms with van der Waals surface area (Å²) in [7, 11) is 0. The van der Waals surface area contributed by atoms with E-state index in [1.54, 1.807) is 35.6 Å². The van der Waals surface area contributed by atoms with Crippen LogP contribution in [0.15, 0.2) is 66.8 Å². The minimum Gasteiger partial charge on any atom is -0.507 e. The predicted molar refractivity (Wildman–Crippen MR) is 129 cm³/mol. The Labute approximate surface area is 203 Å². The van der Waals surface area contributed by atoms with Crippen LogP contribution in [0.1, 0.15) is 36.1 Å². The van der Waals surface area contributed by atoms with Gasteiger partial charge in [0.05, 0.1) is 17.9 Å². The molecule has 180 valence electrons. The highest BCUT2D eigenvalue weighted by Crippen LogP contribution is 2.41. The number of benzene rings is 2. The summed E-state index contributed by atoms with van der Waals surface area (Å²) in [5.74, 6) is -0.441. The number of likely N-dealkylation sites (tertiary alicyclic amines) is 1. The molecular formula is C27H27N3O5. The first kappa shape index (κ1) is 22.7. The van der Waals surface area contributed by atoms with Gasteiger partial charge in [-0.2, -0.15) is 0 Å². The summed E-state index contributed by atoms with van der Waals surface area (Å²) in [6.45, 7) is 3.95. The maximum atomic E-state index is 13.2. The number of hydrogen-bond acceptors (Lipinski definition) is 6. The topological polar surface area (TPSA) is 93.9 Å². The summed E-state index contributed by atoms with van der Waals surface area (Å²) < 4.78 is 13.1. The van der Waals surface area contributed by atoms with Crippen LogP contribution in [0.2, 0.25) is 0 Å². The predicted octanol–water partition coefficient (Wildman–Crippen LogP) is 3.73. The van der Waals surface area contributed by atoms with E-state index >= 15 is 0 Å². The van der Waals surface area contributed by atoms with Gasteiger partial charge in [0.2, 0.25) is 0 Å². The minimum atomic E-state index is -0.690. The number of imidazole rings is 1. The summed E-state index contributed by atoms with van der Waals surface area (Å²) >= 11 is 0. The first-order valence-corrected chi connectivity index (χ1v) is 11.8. The first-order chi connectivity index (χ1) is 17.1. The Bertz CT molecular complexity index is 1260. The molecule has 0 radical (unpaired) electrons. The summed E-state index contributed by atoms with van der Waals surface area (Å²) in [5.41, 5.74) is 2.42. The number of aromatic nitrogens is 2. The molecular weight excluding hydrogens is 446 g/mol. The van der Waals surface area contributed by atoms with Gasteiger partial charge in [-0.25, -0.2) is 4.98 Å². The second-order valence-electron chi connectivity index (χ2n) is 8.60. The van der Waals surface area contributed by atoms with Crippen molar-refractivity contribution in [2.24, 2.45) is 0 Å². The number of aliphatic hydroxyl groups excluding tert-OH is 1. The third-order valence-electron chi connectivity index (χ3n) is 6.43. The molecule has 2 aliphatic rings. The number of aryl methyl sites for hydroxylation is 2. The third kappa shape index (κ3) is 4.39. The fourth-order valence-corrected chi connectivity index (χ4v) is 4.58. The number of Topliss-reactive ketones (excluding diaryl/α,β-unsaturated/α-hetero) is 1. The lowest BCUT2D eigenvalue weighted by Crippen LogP contribution is -2.31. The van der Waals surface area contributed by atoms with Crippen molar-refractivity contribution in [1.82, 2.24) is 14.5 Å². The molecule has 0 unspecified atom stereocenters. The van der Waals surface area contributed by atoms with E-state index < -0.39 is 17.7 Å². The van der Waals surface area contributed by atoms with Crippen molar-refractivity contribution >= 4 is 17.4 Å². The molecule has 1 N–H and O–H groups in total. The molecule has 1 aromatic heterocycles. The van der Waals surface area contributed by atoms with Gasteiger partial charge < -0.3 is 24.0 Å². The van der Waals surface area contributed by atoms with E-state index in [1.807, 2.05) is 35.0 Å². The van der Waals surface area contributed by atoms with Crippen molar-refractivity contribution in [1.29, 1.82) is 0 Å². The Morgan fingerprint density at radius 3 is 2.54 bits per heavy atom. The van der Waals surface area contributed by atoms with Gasteiger partial charge >= 0.3 is 0 Å². The number of hydrogen-bond donors (Lipinski definition) is 1. The Kier molecular flexibility index (Phi) is 6.27. The normalized spacial score (nSPS) is 18.8. The zero-order chi connectivity index (χ0) is 24.4. The number of carbonyl (C=O) groups is 2. The lowest BCUT2D eigenvalue weighted by Gasteiger charge is -2.26. The Morgan fingerprint density at radius 2 is 1.83 bits per heavy atom. The average Bonchev–Trinajstić information content (AvgIpc) is 3.50. The molecule has 8 heteroatoms. The van der Waals surface area contributed by atoms with Gasteiger partial charge in [-0.1, -0.05) is 31.2 Å². The van der Waals surface area contributed by atoms with Crippen LogP contribution in [0.5, 0.6) is 11.5 Å².